The normalized spacial score (nSPS) is 12.6. The van der Waals surface area contributed by atoms with E-state index in [9.17, 15) is 8.78 Å². The van der Waals surface area contributed by atoms with Gasteiger partial charge in [0, 0.05) is 6.54 Å². The van der Waals surface area contributed by atoms with Crippen LogP contribution in [0, 0.1) is 17.6 Å². The van der Waals surface area contributed by atoms with E-state index < -0.39 is 11.6 Å². The van der Waals surface area contributed by atoms with E-state index in [4.69, 9.17) is 10.5 Å². The first-order valence-corrected chi connectivity index (χ1v) is 5.39. The molecule has 0 fully saturated rings. The lowest BCUT2D eigenvalue weighted by molar-refractivity contribution is 0.235. The van der Waals surface area contributed by atoms with Crippen LogP contribution in [-0.2, 0) is 6.54 Å². The van der Waals surface area contributed by atoms with Gasteiger partial charge >= 0.3 is 0 Å². The summed E-state index contributed by atoms with van der Waals surface area (Å²) in [6.07, 6.45) is 0.907. The van der Waals surface area contributed by atoms with Crippen LogP contribution in [0.5, 0.6) is 5.75 Å². The van der Waals surface area contributed by atoms with Crippen molar-refractivity contribution in [1.29, 1.82) is 0 Å². The van der Waals surface area contributed by atoms with Crippen LogP contribution in [0.1, 0.15) is 25.8 Å². The fourth-order valence-electron chi connectivity index (χ4n) is 1.21. The summed E-state index contributed by atoms with van der Waals surface area (Å²) < 4.78 is 32.0. The fraction of sp³-hybridized carbons (Fsp3) is 0.500. The summed E-state index contributed by atoms with van der Waals surface area (Å²) in [6, 6.07) is 2.41. The molecule has 0 amide bonds. The second-order valence-electron chi connectivity index (χ2n) is 3.92. The first-order valence-electron chi connectivity index (χ1n) is 5.39. The average molecular weight is 229 g/mol. The van der Waals surface area contributed by atoms with Gasteiger partial charge in [-0.1, -0.05) is 20.3 Å². The molecule has 0 aliphatic heterocycles. The molecule has 0 aliphatic rings. The molecule has 90 valence electrons. The van der Waals surface area contributed by atoms with Crippen LogP contribution < -0.4 is 10.5 Å². The molecule has 1 aromatic carbocycles. The van der Waals surface area contributed by atoms with Crippen molar-refractivity contribution in [1.82, 2.24) is 0 Å². The summed E-state index contributed by atoms with van der Waals surface area (Å²) in [6.45, 7) is 4.38. The van der Waals surface area contributed by atoms with E-state index in [1.807, 2.05) is 13.8 Å². The highest BCUT2D eigenvalue weighted by Gasteiger charge is 2.13. The number of hydrogen-bond acceptors (Lipinski definition) is 2. The van der Waals surface area contributed by atoms with Gasteiger partial charge in [0.25, 0.3) is 0 Å². The highest BCUT2D eigenvalue weighted by molar-refractivity contribution is 5.31. The highest BCUT2D eigenvalue weighted by atomic mass is 19.1. The van der Waals surface area contributed by atoms with E-state index in [1.54, 1.807) is 0 Å². The molecule has 2 nitrogen and oxygen atoms in total. The van der Waals surface area contributed by atoms with Gasteiger partial charge in [0.15, 0.2) is 17.4 Å². The third-order valence-electron chi connectivity index (χ3n) is 2.50. The monoisotopic (exact) mass is 229 g/mol. The Hall–Kier alpha value is -1.16. The van der Waals surface area contributed by atoms with Crippen molar-refractivity contribution in [2.45, 2.75) is 26.8 Å². The van der Waals surface area contributed by atoms with Crippen molar-refractivity contribution in [3.8, 4) is 5.75 Å². The molecule has 0 aromatic heterocycles. The lowest BCUT2D eigenvalue weighted by Crippen LogP contribution is -2.10. The van der Waals surface area contributed by atoms with Gasteiger partial charge < -0.3 is 10.5 Å². The van der Waals surface area contributed by atoms with Gasteiger partial charge in [0.2, 0.25) is 0 Å². The van der Waals surface area contributed by atoms with Crippen LogP contribution in [0.25, 0.3) is 0 Å². The van der Waals surface area contributed by atoms with Gasteiger partial charge in [0.1, 0.15) is 0 Å². The van der Waals surface area contributed by atoms with Crippen LogP contribution in [-0.4, -0.2) is 6.61 Å². The molecular formula is C12H17F2NO. The van der Waals surface area contributed by atoms with Gasteiger partial charge in [-0.25, -0.2) is 8.78 Å². The smallest absolute Gasteiger partial charge is 0.190 e. The summed E-state index contributed by atoms with van der Waals surface area (Å²) in [5.74, 6) is -1.42. The molecule has 1 atom stereocenters. The molecule has 0 spiro atoms. The van der Waals surface area contributed by atoms with Gasteiger partial charge in [0.05, 0.1) is 6.61 Å². The molecule has 16 heavy (non-hydrogen) atoms. The molecule has 0 bridgehead atoms. The SMILES string of the molecule is CCC(C)COc1c(F)cc(CN)cc1F. The van der Waals surface area contributed by atoms with Gasteiger partial charge in [-0.2, -0.15) is 0 Å². The number of halogens is 2. The van der Waals surface area contributed by atoms with Gasteiger partial charge in [-0.15, -0.1) is 0 Å². The summed E-state index contributed by atoms with van der Waals surface area (Å²) in [7, 11) is 0. The lowest BCUT2D eigenvalue weighted by atomic mass is 10.1. The first kappa shape index (κ1) is 12.9. The minimum Gasteiger partial charge on any atom is -0.487 e. The Kier molecular flexibility index (Phi) is 4.68. The summed E-state index contributed by atoms with van der Waals surface area (Å²) >= 11 is 0. The number of nitrogens with two attached hydrogens (primary N) is 1. The maximum absolute atomic E-state index is 13.4. The Morgan fingerprint density at radius 2 is 1.88 bits per heavy atom. The number of rotatable bonds is 5. The maximum atomic E-state index is 13.4. The van der Waals surface area contributed by atoms with E-state index in [-0.39, 0.29) is 18.2 Å². The summed E-state index contributed by atoms with van der Waals surface area (Å²) in [4.78, 5) is 0. The molecule has 4 heteroatoms. The number of benzene rings is 1. The Morgan fingerprint density at radius 3 is 2.31 bits per heavy atom. The summed E-state index contributed by atoms with van der Waals surface area (Å²) in [5.41, 5.74) is 5.73. The van der Waals surface area contributed by atoms with Crippen molar-refractivity contribution in [2.75, 3.05) is 6.61 Å². The van der Waals surface area contributed by atoms with E-state index in [1.165, 1.54) is 12.1 Å². The number of hydrogen-bond donors (Lipinski definition) is 1. The van der Waals surface area contributed by atoms with Crippen LogP contribution in [0.15, 0.2) is 12.1 Å². The molecule has 0 heterocycles. The van der Waals surface area contributed by atoms with Crippen LogP contribution in [0.2, 0.25) is 0 Å². The van der Waals surface area contributed by atoms with Crippen LogP contribution in [0.3, 0.4) is 0 Å². The Labute approximate surface area is 94.4 Å². The van der Waals surface area contributed by atoms with E-state index in [0.29, 0.717) is 12.2 Å². The molecule has 2 N–H and O–H groups in total. The quantitative estimate of drug-likeness (QED) is 0.842. The van der Waals surface area contributed by atoms with Crippen molar-refractivity contribution in [2.24, 2.45) is 11.7 Å². The summed E-state index contributed by atoms with van der Waals surface area (Å²) in [5, 5.41) is 0. The minimum atomic E-state index is -0.691. The molecule has 0 saturated heterocycles. The van der Waals surface area contributed by atoms with E-state index >= 15 is 0 Å². The predicted octanol–water partition coefficient (Wildman–Crippen LogP) is 2.85. The third-order valence-corrected chi connectivity index (χ3v) is 2.50. The molecule has 1 aromatic rings. The Balaban J connectivity index is 2.80. The molecular weight excluding hydrogens is 212 g/mol. The maximum Gasteiger partial charge on any atom is 0.190 e. The lowest BCUT2D eigenvalue weighted by Gasteiger charge is -2.12. The van der Waals surface area contributed by atoms with Crippen LogP contribution >= 0.6 is 0 Å². The highest BCUT2D eigenvalue weighted by Crippen LogP contribution is 2.23. The van der Waals surface area contributed by atoms with E-state index in [2.05, 4.69) is 0 Å². The van der Waals surface area contributed by atoms with Crippen molar-refractivity contribution >= 4 is 0 Å². The predicted molar refractivity (Wildman–Crippen MR) is 59.2 cm³/mol. The third kappa shape index (κ3) is 3.17. The zero-order valence-electron chi connectivity index (χ0n) is 9.59. The van der Waals surface area contributed by atoms with Gasteiger partial charge in [-0.3, -0.25) is 0 Å². The zero-order chi connectivity index (χ0) is 12.1. The minimum absolute atomic E-state index is 0.111. The van der Waals surface area contributed by atoms with Gasteiger partial charge in [-0.05, 0) is 23.6 Å². The Morgan fingerprint density at radius 1 is 1.31 bits per heavy atom. The first-order chi connectivity index (χ1) is 7.58. The van der Waals surface area contributed by atoms with Crippen molar-refractivity contribution in [3.63, 3.8) is 0 Å². The molecule has 0 aliphatic carbocycles. The molecule has 0 radical (unpaired) electrons. The second kappa shape index (κ2) is 5.80. The van der Waals surface area contributed by atoms with Crippen molar-refractivity contribution < 1.29 is 13.5 Å². The van der Waals surface area contributed by atoms with Crippen LogP contribution in [0.4, 0.5) is 8.78 Å². The molecule has 1 unspecified atom stereocenters. The topological polar surface area (TPSA) is 35.2 Å². The zero-order valence-corrected chi connectivity index (χ0v) is 9.59. The largest absolute Gasteiger partial charge is 0.487 e. The van der Waals surface area contributed by atoms with Crippen molar-refractivity contribution in [3.05, 3.63) is 29.3 Å². The Bertz CT molecular complexity index is 332. The molecule has 0 saturated carbocycles. The second-order valence-corrected chi connectivity index (χ2v) is 3.92. The standard InChI is InChI=1S/C12H17F2NO/c1-3-8(2)7-16-12-10(13)4-9(6-15)5-11(12)14/h4-5,8H,3,6-7,15H2,1-2H3. The van der Waals surface area contributed by atoms with E-state index in [0.717, 1.165) is 6.42 Å². The number of ether oxygens (including phenoxy) is 1. The molecule has 1 rings (SSSR count). The average Bonchev–Trinajstić information content (AvgIpc) is 2.27. The fourth-order valence-corrected chi connectivity index (χ4v) is 1.21.